The molecule has 0 saturated carbocycles. The molecule has 0 bridgehead atoms. The molecule has 4 nitrogen and oxygen atoms in total. The van der Waals surface area contributed by atoms with E-state index in [4.69, 9.17) is 12.2 Å². The summed E-state index contributed by atoms with van der Waals surface area (Å²) >= 11 is 8.49. The van der Waals surface area contributed by atoms with Crippen LogP contribution in [0.1, 0.15) is 5.56 Å². The van der Waals surface area contributed by atoms with Crippen molar-refractivity contribution in [3.8, 4) is 0 Å². The molecule has 0 spiro atoms. The summed E-state index contributed by atoms with van der Waals surface area (Å²) in [5, 5.41) is 8.60. The molecule has 0 aliphatic heterocycles. The molecule has 0 atom stereocenters. The summed E-state index contributed by atoms with van der Waals surface area (Å²) in [6, 6.07) is 6.05. The molecule has 2 rings (SSSR count). The summed E-state index contributed by atoms with van der Waals surface area (Å²) in [6.45, 7) is 4.21. The second kappa shape index (κ2) is 6.49. The topological polar surface area (TPSA) is 52.2 Å². The van der Waals surface area contributed by atoms with Crippen LogP contribution in [0.4, 0.5) is 0 Å². The number of hydrogen-bond acceptors (Lipinski definition) is 2. The number of nitrogens with one attached hydrogen (secondary N) is 3. The van der Waals surface area contributed by atoms with Crippen molar-refractivity contribution in [2.75, 3.05) is 6.54 Å². The maximum absolute atomic E-state index is 5.03. The lowest BCUT2D eigenvalue weighted by Gasteiger charge is -2.02. The van der Waals surface area contributed by atoms with Gasteiger partial charge in [0.2, 0.25) is 0 Å². The first-order valence-corrected chi connectivity index (χ1v) is 6.85. The standard InChI is InChI=1S/C13H13BrN4S/c1-2-5-15-13(19)18-17-8-9-7-16-12-4-3-10(14)6-11(9)12/h2-4,6-8,16H,1,5H2,(H2,15,18,19)/b17-8+. The molecule has 0 radical (unpaired) electrons. The zero-order chi connectivity index (χ0) is 13.7. The predicted molar refractivity (Wildman–Crippen MR) is 87.5 cm³/mol. The normalized spacial score (nSPS) is 10.8. The molecule has 0 aliphatic carbocycles. The number of hydrogen-bond donors (Lipinski definition) is 3. The van der Waals surface area contributed by atoms with Gasteiger partial charge in [-0.15, -0.1) is 6.58 Å². The summed E-state index contributed by atoms with van der Waals surface area (Å²) < 4.78 is 1.03. The third kappa shape index (κ3) is 3.65. The van der Waals surface area contributed by atoms with Crippen LogP contribution in [0, 0.1) is 0 Å². The summed E-state index contributed by atoms with van der Waals surface area (Å²) in [7, 11) is 0. The van der Waals surface area contributed by atoms with Gasteiger partial charge in [-0.05, 0) is 30.4 Å². The SMILES string of the molecule is C=CCNC(=S)N/N=C/c1c[nH]c2ccc(Br)cc12. The van der Waals surface area contributed by atoms with E-state index in [0.717, 1.165) is 20.9 Å². The fourth-order valence-electron chi connectivity index (χ4n) is 1.59. The molecule has 3 N–H and O–H groups in total. The summed E-state index contributed by atoms with van der Waals surface area (Å²) in [6.07, 6.45) is 5.37. The van der Waals surface area contributed by atoms with E-state index in [2.05, 4.69) is 43.3 Å². The number of halogens is 1. The minimum atomic E-state index is 0.470. The van der Waals surface area contributed by atoms with Crippen LogP contribution in [0.5, 0.6) is 0 Å². The van der Waals surface area contributed by atoms with Crippen molar-refractivity contribution in [1.82, 2.24) is 15.7 Å². The number of fused-ring (bicyclic) bond motifs is 1. The van der Waals surface area contributed by atoms with E-state index in [-0.39, 0.29) is 0 Å². The number of rotatable bonds is 4. The van der Waals surface area contributed by atoms with Gasteiger partial charge in [-0.25, -0.2) is 0 Å². The average Bonchev–Trinajstić information content (AvgIpc) is 2.79. The number of nitrogens with zero attached hydrogens (tertiary/aromatic N) is 1. The van der Waals surface area contributed by atoms with Gasteiger partial charge in [0, 0.05) is 33.7 Å². The Bertz CT molecular complexity index is 633. The highest BCUT2D eigenvalue weighted by Gasteiger charge is 2.01. The number of thiocarbonyl (C=S) groups is 1. The van der Waals surface area contributed by atoms with E-state index < -0.39 is 0 Å². The van der Waals surface area contributed by atoms with Gasteiger partial charge in [0.15, 0.2) is 5.11 Å². The average molecular weight is 337 g/mol. The Hall–Kier alpha value is -1.66. The maximum atomic E-state index is 5.03. The van der Waals surface area contributed by atoms with Crippen LogP contribution in [0.25, 0.3) is 10.9 Å². The van der Waals surface area contributed by atoms with Crippen LogP contribution in [0.15, 0.2) is 46.6 Å². The van der Waals surface area contributed by atoms with Crippen molar-refractivity contribution in [2.24, 2.45) is 5.10 Å². The van der Waals surface area contributed by atoms with Crippen molar-refractivity contribution >= 4 is 50.4 Å². The molecule has 1 aromatic carbocycles. The number of hydrazone groups is 1. The zero-order valence-electron chi connectivity index (χ0n) is 10.1. The quantitative estimate of drug-likeness (QED) is 0.348. The van der Waals surface area contributed by atoms with Gasteiger partial charge in [0.05, 0.1) is 6.21 Å². The summed E-state index contributed by atoms with van der Waals surface area (Å²) in [4.78, 5) is 3.19. The Balaban J connectivity index is 2.06. The van der Waals surface area contributed by atoms with E-state index in [9.17, 15) is 0 Å². The number of H-pyrrole nitrogens is 1. The fraction of sp³-hybridized carbons (Fsp3) is 0.0769. The Labute approximate surface area is 125 Å². The second-order valence-corrected chi connectivity index (χ2v) is 5.13. The lowest BCUT2D eigenvalue weighted by atomic mass is 10.2. The minimum Gasteiger partial charge on any atom is -0.361 e. The van der Waals surface area contributed by atoms with E-state index in [1.165, 1.54) is 0 Å². The molecule has 0 saturated heterocycles. The molecule has 2 aromatic rings. The van der Waals surface area contributed by atoms with Gasteiger partial charge >= 0.3 is 0 Å². The lowest BCUT2D eigenvalue weighted by Crippen LogP contribution is -2.31. The van der Waals surface area contributed by atoms with Gasteiger partial charge in [-0.1, -0.05) is 22.0 Å². The van der Waals surface area contributed by atoms with Crippen molar-refractivity contribution in [1.29, 1.82) is 0 Å². The Morgan fingerprint density at radius 2 is 2.37 bits per heavy atom. The van der Waals surface area contributed by atoms with Crippen molar-refractivity contribution in [3.63, 3.8) is 0 Å². The van der Waals surface area contributed by atoms with Crippen LogP contribution < -0.4 is 10.7 Å². The van der Waals surface area contributed by atoms with Gasteiger partial charge in [0.25, 0.3) is 0 Å². The van der Waals surface area contributed by atoms with Crippen LogP contribution in [-0.2, 0) is 0 Å². The highest BCUT2D eigenvalue weighted by molar-refractivity contribution is 9.10. The Morgan fingerprint density at radius 1 is 1.53 bits per heavy atom. The molecular formula is C13H13BrN4S. The van der Waals surface area contributed by atoms with Gasteiger partial charge in [-0.2, -0.15) is 5.10 Å². The molecule has 98 valence electrons. The summed E-state index contributed by atoms with van der Waals surface area (Å²) in [5.74, 6) is 0. The number of aromatic nitrogens is 1. The fourth-order valence-corrected chi connectivity index (χ4v) is 2.08. The first-order valence-electron chi connectivity index (χ1n) is 5.65. The third-order valence-corrected chi connectivity index (χ3v) is 3.18. The van der Waals surface area contributed by atoms with Crippen molar-refractivity contribution in [3.05, 3.63) is 47.1 Å². The van der Waals surface area contributed by atoms with Crippen molar-refractivity contribution in [2.45, 2.75) is 0 Å². The Morgan fingerprint density at radius 3 is 3.16 bits per heavy atom. The van der Waals surface area contributed by atoms with Gasteiger partial charge in [-0.3, -0.25) is 5.43 Å². The molecule has 1 heterocycles. The molecule has 0 aliphatic rings. The lowest BCUT2D eigenvalue weighted by molar-refractivity contribution is 0.942. The molecule has 6 heteroatoms. The van der Waals surface area contributed by atoms with Gasteiger partial charge in [0.1, 0.15) is 0 Å². The molecule has 19 heavy (non-hydrogen) atoms. The first-order chi connectivity index (χ1) is 9.20. The van der Waals surface area contributed by atoms with Gasteiger partial charge < -0.3 is 10.3 Å². The number of benzene rings is 1. The van der Waals surface area contributed by atoms with E-state index in [1.807, 2.05) is 24.4 Å². The Kier molecular flexibility index (Phi) is 4.70. The highest BCUT2D eigenvalue weighted by Crippen LogP contribution is 2.21. The maximum Gasteiger partial charge on any atom is 0.187 e. The minimum absolute atomic E-state index is 0.470. The third-order valence-electron chi connectivity index (χ3n) is 2.45. The predicted octanol–water partition coefficient (Wildman–Crippen LogP) is 2.91. The van der Waals surface area contributed by atoms with Crippen LogP contribution in [0.3, 0.4) is 0 Å². The highest BCUT2D eigenvalue weighted by atomic mass is 79.9. The van der Waals surface area contributed by atoms with Crippen LogP contribution >= 0.6 is 28.1 Å². The molecule has 0 amide bonds. The van der Waals surface area contributed by atoms with E-state index >= 15 is 0 Å². The first kappa shape index (κ1) is 13.8. The molecule has 1 aromatic heterocycles. The monoisotopic (exact) mass is 336 g/mol. The number of aromatic amines is 1. The van der Waals surface area contributed by atoms with Crippen LogP contribution in [0.2, 0.25) is 0 Å². The largest absolute Gasteiger partial charge is 0.361 e. The van der Waals surface area contributed by atoms with E-state index in [1.54, 1.807) is 12.3 Å². The van der Waals surface area contributed by atoms with Crippen molar-refractivity contribution < 1.29 is 0 Å². The smallest absolute Gasteiger partial charge is 0.187 e. The zero-order valence-corrected chi connectivity index (χ0v) is 12.5. The molecular weight excluding hydrogens is 324 g/mol. The van der Waals surface area contributed by atoms with Crippen LogP contribution in [-0.4, -0.2) is 22.9 Å². The molecule has 0 fully saturated rings. The molecule has 0 unspecified atom stereocenters. The summed E-state index contributed by atoms with van der Waals surface area (Å²) in [5.41, 5.74) is 4.81. The second-order valence-electron chi connectivity index (χ2n) is 3.80. The van der Waals surface area contributed by atoms with E-state index in [0.29, 0.717) is 11.7 Å².